The van der Waals surface area contributed by atoms with E-state index in [2.05, 4.69) is 4.98 Å². The molecule has 0 aromatic carbocycles. The molecule has 0 bridgehead atoms. The van der Waals surface area contributed by atoms with E-state index in [0.717, 1.165) is 11.4 Å². The van der Waals surface area contributed by atoms with Crippen molar-refractivity contribution in [2.24, 2.45) is 0 Å². The van der Waals surface area contributed by atoms with Gasteiger partial charge in [0.25, 0.3) is 0 Å². The SMILES string of the molecule is C[C@H]1OC(c2cccc(C3O[C@H](C)[C@@H](C)O3)n2)O[C@@H]1C. The second kappa shape index (κ2) is 5.41. The van der Waals surface area contributed by atoms with Gasteiger partial charge < -0.3 is 18.9 Å². The molecule has 3 heterocycles. The topological polar surface area (TPSA) is 49.8 Å². The summed E-state index contributed by atoms with van der Waals surface area (Å²) in [6.45, 7) is 8.00. The van der Waals surface area contributed by atoms with Crippen LogP contribution in [0.2, 0.25) is 0 Å². The summed E-state index contributed by atoms with van der Waals surface area (Å²) >= 11 is 0. The quantitative estimate of drug-likeness (QED) is 0.833. The fourth-order valence-electron chi connectivity index (χ4n) is 2.30. The normalized spacial score (nSPS) is 35.8. The number of hydrogen-bond donors (Lipinski definition) is 0. The third kappa shape index (κ3) is 2.59. The molecule has 4 atom stereocenters. The Morgan fingerprint density at radius 1 is 0.700 bits per heavy atom. The van der Waals surface area contributed by atoms with Gasteiger partial charge in [0.15, 0.2) is 0 Å². The molecular weight excluding hydrogens is 258 g/mol. The number of pyridine rings is 1. The van der Waals surface area contributed by atoms with E-state index in [0.29, 0.717) is 0 Å². The summed E-state index contributed by atoms with van der Waals surface area (Å²) < 4.78 is 23.0. The second-order valence-electron chi connectivity index (χ2n) is 5.52. The lowest BCUT2D eigenvalue weighted by Crippen LogP contribution is -2.13. The molecule has 0 aliphatic carbocycles. The van der Waals surface area contributed by atoms with Crippen LogP contribution in [0.3, 0.4) is 0 Å². The van der Waals surface area contributed by atoms with E-state index < -0.39 is 12.6 Å². The van der Waals surface area contributed by atoms with E-state index in [1.54, 1.807) is 0 Å². The van der Waals surface area contributed by atoms with Crippen LogP contribution in [0, 0.1) is 0 Å². The fourth-order valence-corrected chi connectivity index (χ4v) is 2.30. The van der Waals surface area contributed by atoms with Crippen LogP contribution in [0.25, 0.3) is 0 Å². The first-order valence-corrected chi connectivity index (χ1v) is 7.13. The van der Waals surface area contributed by atoms with Crippen molar-refractivity contribution >= 4 is 0 Å². The molecule has 2 aliphatic heterocycles. The average Bonchev–Trinajstić information content (AvgIpc) is 2.94. The number of aromatic nitrogens is 1. The second-order valence-corrected chi connectivity index (χ2v) is 5.52. The van der Waals surface area contributed by atoms with Crippen LogP contribution >= 0.6 is 0 Å². The summed E-state index contributed by atoms with van der Waals surface area (Å²) in [4.78, 5) is 4.57. The molecule has 2 saturated heterocycles. The van der Waals surface area contributed by atoms with Crippen molar-refractivity contribution in [1.29, 1.82) is 0 Å². The van der Waals surface area contributed by atoms with Crippen LogP contribution in [0.4, 0.5) is 0 Å². The van der Waals surface area contributed by atoms with Crippen LogP contribution in [-0.4, -0.2) is 29.4 Å². The summed E-state index contributed by atoms with van der Waals surface area (Å²) in [5.74, 6) is 0. The largest absolute Gasteiger partial charge is 0.341 e. The van der Waals surface area contributed by atoms with E-state index in [9.17, 15) is 0 Å². The van der Waals surface area contributed by atoms with Gasteiger partial charge in [0.1, 0.15) is 0 Å². The Hall–Kier alpha value is -1.01. The van der Waals surface area contributed by atoms with Crippen LogP contribution in [-0.2, 0) is 18.9 Å². The minimum atomic E-state index is -0.406. The molecule has 0 spiro atoms. The molecule has 0 unspecified atom stereocenters. The molecule has 0 saturated carbocycles. The molecule has 3 rings (SSSR count). The van der Waals surface area contributed by atoms with E-state index in [1.165, 1.54) is 0 Å². The number of ether oxygens (including phenoxy) is 4. The minimum Gasteiger partial charge on any atom is -0.341 e. The highest BCUT2D eigenvalue weighted by molar-refractivity contribution is 5.14. The van der Waals surface area contributed by atoms with E-state index >= 15 is 0 Å². The van der Waals surface area contributed by atoms with Crippen molar-refractivity contribution < 1.29 is 18.9 Å². The van der Waals surface area contributed by atoms with Gasteiger partial charge in [-0.3, -0.25) is 0 Å². The third-order valence-corrected chi connectivity index (χ3v) is 3.95. The fraction of sp³-hybridized carbons (Fsp3) is 0.667. The predicted octanol–water partition coefficient (Wildman–Crippen LogP) is 2.73. The Bertz CT molecular complexity index is 421. The molecule has 1 aromatic rings. The molecule has 0 amide bonds. The van der Waals surface area contributed by atoms with Gasteiger partial charge in [-0.15, -0.1) is 0 Å². The highest BCUT2D eigenvalue weighted by atomic mass is 16.7. The molecule has 2 fully saturated rings. The molecular formula is C15H21NO4. The molecule has 110 valence electrons. The maximum absolute atomic E-state index is 5.75. The highest BCUT2D eigenvalue weighted by Crippen LogP contribution is 2.33. The van der Waals surface area contributed by atoms with Crippen molar-refractivity contribution in [2.75, 3.05) is 0 Å². The summed E-state index contributed by atoms with van der Waals surface area (Å²) in [6.07, 6.45) is -0.518. The van der Waals surface area contributed by atoms with Crippen molar-refractivity contribution in [1.82, 2.24) is 4.98 Å². The minimum absolute atomic E-state index is 0.0736. The summed E-state index contributed by atoms with van der Waals surface area (Å²) in [5, 5.41) is 0. The van der Waals surface area contributed by atoms with Crippen LogP contribution in [0.15, 0.2) is 18.2 Å². The predicted molar refractivity (Wildman–Crippen MR) is 71.9 cm³/mol. The Morgan fingerprint density at radius 2 is 1.05 bits per heavy atom. The molecule has 20 heavy (non-hydrogen) atoms. The lowest BCUT2D eigenvalue weighted by molar-refractivity contribution is -0.0758. The monoisotopic (exact) mass is 279 g/mol. The Kier molecular flexibility index (Phi) is 3.77. The Balaban J connectivity index is 1.77. The van der Waals surface area contributed by atoms with Gasteiger partial charge in [0.2, 0.25) is 12.6 Å². The third-order valence-electron chi connectivity index (χ3n) is 3.95. The van der Waals surface area contributed by atoms with Crippen molar-refractivity contribution in [3.63, 3.8) is 0 Å². The Labute approximate surface area is 119 Å². The van der Waals surface area contributed by atoms with Crippen molar-refractivity contribution in [2.45, 2.75) is 64.7 Å². The lowest BCUT2D eigenvalue weighted by atomic mass is 10.3. The van der Waals surface area contributed by atoms with Crippen molar-refractivity contribution in [3.8, 4) is 0 Å². The van der Waals surface area contributed by atoms with Crippen LogP contribution in [0.5, 0.6) is 0 Å². The van der Waals surface area contributed by atoms with Gasteiger partial charge in [-0.2, -0.15) is 0 Å². The standard InChI is InChI=1S/C15H21NO4/c1-8-9(2)18-14(17-8)12-6-5-7-13(16-12)15-19-10(3)11(4)20-15/h5-11,14-15H,1-4H3/t8-,9-,10-,11-/m1/s1. The van der Waals surface area contributed by atoms with Gasteiger partial charge in [0.05, 0.1) is 35.8 Å². The molecule has 5 nitrogen and oxygen atoms in total. The average molecular weight is 279 g/mol. The first-order chi connectivity index (χ1) is 9.54. The molecule has 0 N–H and O–H groups in total. The van der Waals surface area contributed by atoms with E-state index in [-0.39, 0.29) is 24.4 Å². The number of rotatable bonds is 2. The van der Waals surface area contributed by atoms with Gasteiger partial charge in [-0.25, -0.2) is 4.98 Å². The van der Waals surface area contributed by atoms with Gasteiger partial charge >= 0.3 is 0 Å². The number of hydrogen-bond acceptors (Lipinski definition) is 5. The molecule has 1 aromatic heterocycles. The highest BCUT2D eigenvalue weighted by Gasteiger charge is 2.34. The van der Waals surface area contributed by atoms with Crippen LogP contribution in [0.1, 0.15) is 51.7 Å². The zero-order valence-corrected chi connectivity index (χ0v) is 12.3. The zero-order chi connectivity index (χ0) is 14.3. The molecule has 0 radical (unpaired) electrons. The maximum Gasteiger partial charge on any atom is 0.201 e. The van der Waals surface area contributed by atoms with Crippen LogP contribution < -0.4 is 0 Å². The maximum atomic E-state index is 5.75. The van der Waals surface area contributed by atoms with E-state index in [4.69, 9.17) is 18.9 Å². The zero-order valence-electron chi connectivity index (χ0n) is 12.3. The number of nitrogens with zero attached hydrogens (tertiary/aromatic N) is 1. The summed E-state index contributed by atoms with van der Waals surface area (Å²) in [6, 6.07) is 5.74. The lowest BCUT2D eigenvalue weighted by Gasteiger charge is -2.13. The molecule has 2 aliphatic rings. The van der Waals surface area contributed by atoms with E-state index in [1.807, 2.05) is 45.9 Å². The first kappa shape index (κ1) is 13.9. The summed E-state index contributed by atoms with van der Waals surface area (Å²) in [5.41, 5.74) is 1.52. The summed E-state index contributed by atoms with van der Waals surface area (Å²) in [7, 11) is 0. The van der Waals surface area contributed by atoms with Gasteiger partial charge in [-0.1, -0.05) is 6.07 Å². The Morgan fingerprint density at radius 3 is 1.40 bits per heavy atom. The smallest absolute Gasteiger partial charge is 0.201 e. The first-order valence-electron chi connectivity index (χ1n) is 7.13. The molecule has 5 heteroatoms. The van der Waals surface area contributed by atoms with Gasteiger partial charge in [-0.05, 0) is 39.8 Å². The van der Waals surface area contributed by atoms with Gasteiger partial charge in [0, 0.05) is 0 Å². The van der Waals surface area contributed by atoms with Crippen molar-refractivity contribution in [3.05, 3.63) is 29.6 Å².